The molecule has 11 heteroatoms. The lowest BCUT2D eigenvalue weighted by atomic mass is 10.1. The number of amides is 1. The normalized spacial score (nSPS) is 16.3. The number of nitrogens with zero attached hydrogens (tertiary/aromatic N) is 5. The van der Waals surface area contributed by atoms with Gasteiger partial charge in [0.2, 0.25) is 0 Å². The van der Waals surface area contributed by atoms with Gasteiger partial charge in [-0.2, -0.15) is 0 Å². The van der Waals surface area contributed by atoms with Gasteiger partial charge in [-0.15, -0.1) is 0 Å². The van der Waals surface area contributed by atoms with Crippen LogP contribution in [-0.4, -0.2) is 74.9 Å². The van der Waals surface area contributed by atoms with Crippen LogP contribution in [0.5, 0.6) is 11.5 Å². The van der Waals surface area contributed by atoms with E-state index in [0.29, 0.717) is 67.4 Å². The lowest BCUT2D eigenvalue weighted by Gasteiger charge is -2.37. The Hall–Kier alpha value is -3.73. The number of piperidine rings is 1. The van der Waals surface area contributed by atoms with Gasteiger partial charge in [0.1, 0.15) is 25.1 Å². The minimum absolute atomic E-state index is 0.203. The molecule has 39 heavy (non-hydrogen) atoms. The van der Waals surface area contributed by atoms with Gasteiger partial charge in [-0.05, 0) is 51.8 Å². The average molecular weight is 540 g/mol. The fraction of sp³-hybridized carbons (Fsp3) is 0.500. The molecule has 0 radical (unpaired) electrons. The minimum atomic E-state index is -0.479. The zero-order valence-corrected chi connectivity index (χ0v) is 22.6. The number of ether oxygens (including phenoxy) is 3. The Labute approximate surface area is 226 Å². The molecule has 10 nitrogen and oxygen atoms in total. The second kappa shape index (κ2) is 11.2. The summed E-state index contributed by atoms with van der Waals surface area (Å²) in [4.78, 5) is 38.1. The predicted octanol–water partition coefficient (Wildman–Crippen LogP) is 3.60. The number of carbonyl (C=O) groups excluding carboxylic acids is 1. The maximum atomic E-state index is 13.8. The van der Waals surface area contributed by atoms with E-state index in [0.717, 1.165) is 13.1 Å². The highest BCUT2D eigenvalue weighted by atomic mass is 19.1. The lowest BCUT2D eigenvalue weighted by molar-refractivity contribution is 0.00868. The fourth-order valence-corrected chi connectivity index (χ4v) is 4.88. The SMILES string of the molecule is CC(C)(C)N(Cc1cc2c(cn1)OCCO2)C(=O)OC1CCN(CCn2c(=O)cnc3ccc(F)cc32)CC1. The van der Waals surface area contributed by atoms with Crippen molar-refractivity contribution in [3.8, 4) is 11.5 Å². The summed E-state index contributed by atoms with van der Waals surface area (Å²) in [6.45, 7) is 9.65. The van der Waals surface area contributed by atoms with Crippen molar-refractivity contribution in [1.29, 1.82) is 0 Å². The molecular weight excluding hydrogens is 505 g/mol. The van der Waals surface area contributed by atoms with Crippen LogP contribution < -0.4 is 15.0 Å². The standard InChI is InChI=1S/C28H34FN5O5/c1-28(2,3)34(18-20-15-24-25(16-30-20)38-13-12-37-24)27(36)39-21-6-8-32(9-7-21)10-11-33-23-14-19(29)4-5-22(23)31-17-26(33)35/h4-5,14-17,21H,6-13,18H2,1-3H3. The van der Waals surface area contributed by atoms with Crippen LogP contribution in [0, 0.1) is 5.82 Å². The van der Waals surface area contributed by atoms with Crippen molar-refractivity contribution in [2.45, 2.75) is 58.3 Å². The van der Waals surface area contributed by atoms with Gasteiger partial charge < -0.3 is 23.7 Å². The monoisotopic (exact) mass is 539 g/mol. The van der Waals surface area contributed by atoms with E-state index in [9.17, 15) is 14.0 Å². The van der Waals surface area contributed by atoms with Gasteiger partial charge in [-0.3, -0.25) is 14.7 Å². The average Bonchev–Trinajstić information content (AvgIpc) is 2.91. The van der Waals surface area contributed by atoms with Crippen LogP contribution >= 0.6 is 0 Å². The van der Waals surface area contributed by atoms with Crippen LogP contribution in [0.15, 0.2) is 41.5 Å². The van der Waals surface area contributed by atoms with Crippen molar-refractivity contribution in [3.05, 3.63) is 58.5 Å². The highest BCUT2D eigenvalue weighted by molar-refractivity contribution is 5.74. The Morgan fingerprint density at radius 3 is 2.56 bits per heavy atom. The summed E-state index contributed by atoms with van der Waals surface area (Å²) in [5, 5.41) is 0. The van der Waals surface area contributed by atoms with Gasteiger partial charge in [0, 0.05) is 37.8 Å². The molecule has 5 rings (SSSR count). The zero-order valence-electron chi connectivity index (χ0n) is 22.6. The Bertz CT molecular complexity index is 1400. The molecule has 0 atom stereocenters. The Balaban J connectivity index is 1.16. The van der Waals surface area contributed by atoms with Gasteiger partial charge in [-0.25, -0.2) is 14.2 Å². The molecule has 0 spiro atoms. The molecule has 1 saturated heterocycles. The first-order chi connectivity index (χ1) is 18.7. The summed E-state index contributed by atoms with van der Waals surface area (Å²) in [6, 6.07) is 6.07. The lowest BCUT2D eigenvalue weighted by Crippen LogP contribution is -2.48. The molecular formula is C28H34FN5O5. The van der Waals surface area contributed by atoms with E-state index in [1.165, 1.54) is 18.3 Å². The molecule has 2 aliphatic rings. The van der Waals surface area contributed by atoms with E-state index in [1.807, 2.05) is 26.8 Å². The second-order valence-corrected chi connectivity index (χ2v) is 10.9. The number of hydrogen-bond acceptors (Lipinski definition) is 8. The number of rotatable bonds is 6. The van der Waals surface area contributed by atoms with E-state index >= 15 is 0 Å². The molecule has 2 aromatic heterocycles. The molecule has 0 aliphatic carbocycles. The maximum absolute atomic E-state index is 13.8. The molecule has 4 heterocycles. The van der Waals surface area contributed by atoms with Gasteiger partial charge in [0.05, 0.1) is 35.7 Å². The second-order valence-electron chi connectivity index (χ2n) is 10.9. The number of benzene rings is 1. The molecule has 1 fully saturated rings. The summed E-state index contributed by atoms with van der Waals surface area (Å²) < 4.78 is 32.5. The molecule has 208 valence electrons. The topological polar surface area (TPSA) is 99.0 Å². The van der Waals surface area contributed by atoms with Gasteiger partial charge in [-0.1, -0.05) is 0 Å². The van der Waals surface area contributed by atoms with Crippen molar-refractivity contribution >= 4 is 17.1 Å². The van der Waals surface area contributed by atoms with E-state index in [-0.39, 0.29) is 24.3 Å². The van der Waals surface area contributed by atoms with Crippen LogP contribution in [-0.2, 0) is 17.8 Å². The molecule has 2 aliphatic heterocycles. The third kappa shape index (κ3) is 6.30. The van der Waals surface area contributed by atoms with Crippen LogP contribution in [0.2, 0.25) is 0 Å². The number of hydrogen-bond donors (Lipinski definition) is 0. The molecule has 0 saturated carbocycles. The number of likely N-dealkylation sites (tertiary alicyclic amines) is 1. The van der Waals surface area contributed by atoms with Crippen LogP contribution in [0.4, 0.5) is 9.18 Å². The summed E-state index contributed by atoms with van der Waals surface area (Å²) in [5.41, 5.74) is 1.02. The van der Waals surface area contributed by atoms with Crippen LogP contribution in [0.1, 0.15) is 39.3 Å². The molecule has 0 unspecified atom stereocenters. The van der Waals surface area contributed by atoms with Crippen molar-refractivity contribution in [2.75, 3.05) is 32.8 Å². The van der Waals surface area contributed by atoms with Crippen molar-refractivity contribution < 1.29 is 23.4 Å². The third-order valence-corrected chi connectivity index (χ3v) is 7.09. The predicted molar refractivity (Wildman–Crippen MR) is 142 cm³/mol. The number of halogens is 1. The maximum Gasteiger partial charge on any atom is 0.410 e. The third-order valence-electron chi connectivity index (χ3n) is 7.09. The first-order valence-corrected chi connectivity index (χ1v) is 13.3. The van der Waals surface area contributed by atoms with Gasteiger partial charge >= 0.3 is 6.09 Å². The number of aromatic nitrogens is 3. The molecule has 0 bridgehead atoms. The fourth-order valence-electron chi connectivity index (χ4n) is 4.88. The molecule has 1 aromatic carbocycles. The number of carbonyl (C=O) groups is 1. The van der Waals surface area contributed by atoms with E-state index in [4.69, 9.17) is 14.2 Å². The molecule has 0 N–H and O–H groups in total. The first kappa shape index (κ1) is 26.9. The Morgan fingerprint density at radius 1 is 1.08 bits per heavy atom. The van der Waals surface area contributed by atoms with Crippen molar-refractivity contribution in [2.24, 2.45) is 0 Å². The van der Waals surface area contributed by atoms with Gasteiger partial charge in [0.25, 0.3) is 5.56 Å². The molecule has 1 amide bonds. The van der Waals surface area contributed by atoms with Crippen LogP contribution in [0.3, 0.4) is 0 Å². The summed E-state index contributed by atoms with van der Waals surface area (Å²) in [6.07, 6.45) is 3.69. The Morgan fingerprint density at radius 2 is 1.82 bits per heavy atom. The van der Waals surface area contributed by atoms with Crippen LogP contribution in [0.25, 0.3) is 11.0 Å². The highest BCUT2D eigenvalue weighted by Crippen LogP contribution is 2.30. The van der Waals surface area contributed by atoms with Gasteiger partial charge in [0.15, 0.2) is 11.5 Å². The van der Waals surface area contributed by atoms with Crippen molar-refractivity contribution in [1.82, 2.24) is 24.3 Å². The van der Waals surface area contributed by atoms with E-state index in [2.05, 4.69) is 14.9 Å². The number of fused-ring (bicyclic) bond motifs is 2. The Kier molecular flexibility index (Phi) is 7.69. The first-order valence-electron chi connectivity index (χ1n) is 13.3. The smallest absolute Gasteiger partial charge is 0.410 e. The zero-order chi connectivity index (χ0) is 27.6. The highest BCUT2D eigenvalue weighted by Gasteiger charge is 2.32. The molecule has 3 aromatic rings. The number of pyridine rings is 1. The quantitative estimate of drug-likeness (QED) is 0.469. The minimum Gasteiger partial charge on any atom is -0.486 e. The van der Waals surface area contributed by atoms with Crippen molar-refractivity contribution in [3.63, 3.8) is 0 Å². The summed E-state index contributed by atoms with van der Waals surface area (Å²) in [7, 11) is 0. The van der Waals surface area contributed by atoms with E-state index < -0.39 is 11.4 Å². The summed E-state index contributed by atoms with van der Waals surface area (Å²) >= 11 is 0. The summed E-state index contributed by atoms with van der Waals surface area (Å²) in [5.74, 6) is 0.837. The van der Waals surface area contributed by atoms with E-state index in [1.54, 1.807) is 21.7 Å². The largest absolute Gasteiger partial charge is 0.486 e.